The Morgan fingerprint density at radius 2 is 1.23 bits per heavy atom. The van der Waals surface area contributed by atoms with Crippen molar-refractivity contribution in [1.82, 2.24) is 4.98 Å². The van der Waals surface area contributed by atoms with E-state index in [4.69, 9.17) is 4.98 Å². The molecule has 8 rings (SSSR count). The zero-order chi connectivity index (χ0) is 26.5. The molecule has 3 heteroatoms. The topological polar surface area (TPSA) is 16.1 Å². The standard InChI is InChI=1S/C37H24N2S/c1-2-8-25(9-3-1)26-17-19-29(20-18-26)39(33-12-6-13-34-36(33)37-35(40-34)14-7-23-38-37)30-21-22-32-28(24-30)16-15-27-10-4-5-11-31(27)32/h1-24H. The predicted molar refractivity (Wildman–Crippen MR) is 172 cm³/mol. The van der Waals surface area contributed by atoms with Gasteiger partial charge in [0.25, 0.3) is 0 Å². The van der Waals surface area contributed by atoms with E-state index in [1.807, 2.05) is 12.3 Å². The number of aromatic nitrogens is 1. The van der Waals surface area contributed by atoms with Crippen LogP contribution in [0.5, 0.6) is 0 Å². The van der Waals surface area contributed by atoms with Crippen molar-refractivity contribution in [3.05, 3.63) is 146 Å². The lowest BCUT2D eigenvalue weighted by Crippen LogP contribution is -2.10. The van der Waals surface area contributed by atoms with E-state index in [2.05, 4.69) is 138 Å². The van der Waals surface area contributed by atoms with Crippen LogP contribution in [0.2, 0.25) is 0 Å². The molecule has 2 nitrogen and oxygen atoms in total. The average molecular weight is 529 g/mol. The molecule has 0 saturated heterocycles. The normalized spacial score (nSPS) is 11.5. The summed E-state index contributed by atoms with van der Waals surface area (Å²) in [6.45, 7) is 0. The zero-order valence-corrected chi connectivity index (χ0v) is 22.5. The van der Waals surface area contributed by atoms with E-state index in [0.29, 0.717) is 0 Å². The van der Waals surface area contributed by atoms with Crippen molar-refractivity contribution in [2.75, 3.05) is 4.90 Å². The van der Waals surface area contributed by atoms with E-state index in [9.17, 15) is 0 Å². The SMILES string of the molecule is c1ccc(-c2ccc(N(c3ccc4c(ccc5ccccc54)c3)c3cccc4sc5cccnc5c34)cc2)cc1. The van der Waals surface area contributed by atoms with Crippen LogP contribution in [0.1, 0.15) is 0 Å². The van der Waals surface area contributed by atoms with Gasteiger partial charge in [0.2, 0.25) is 0 Å². The van der Waals surface area contributed by atoms with Gasteiger partial charge in [-0.05, 0) is 81.2 Å². The molecule has 188 valence electrons. The van der Waals surface area contributed by atoms with Gasteiger partial charge in [0, 0.05) is 27.7 Å². The second-order valence-corrected chi connectivity index (χ2v) is 11.1. The minimum atomic E-state index is 1.05. The van der Waals surface area contributed by atoms with Gasteiger partial charge >= 0.3 is 0 Å². The fourth-order valence-electron chi connectivity index (χ4n) is 5.81. The third-order valence-electron chi connectivity index (χ3n) is 7.69. The Balaban J connectivity index is 1.36. The van der Waals surface area contributed by atoms with Crippen LogP contribution in [0, 0.1) is 0 Å². The van der Waals surface area contributed by atoms with Gasteiger partial charge in [-0.3, -0.25) is 4.98 Å². The lowest BCUT2D eigenvalue weighted by Gasteiger charge is -2.27. The van der Waals surface area contributed by atoms with Crippen molar-refractivity contribution in [2.45, 2.75) is 0 Å². The van der Waals surface area contributed by atoms with Crippen molar-refractivity contribution in [3.8, 4) is 11.1 Å². The zero-order valence-electron chi connectivity index (χ0n) is 21.7. The molecular formula is C37H24N2S. The molecule has 0 fully saturated rings. The fraction of sp³-hybridized carbons (Fsp3) is 0. The number of fused-ring (bicyclic) bond motifs is 6. The summed E-state index contributed by atoms with van der Waals surface area (Å²) >= 11 is 1.80. The van der Waals surface area contributed by atoms with Crippen molar-refractivity contribution in [1.29, 1.82) is 0 Å². The Hall–Kier alpha value is -4.99. The van der Waals surface area contributed by atoms with Crippen LogP contribution in [-0.2, 0) is 0 Å². The second kappa shape index (κ2) is 9.33. The van der Waals surface area contributed by atoms with E-state index in [-0.39, 0.29) is 0 Å². The molecule has 40 heavy (non-hydrogen) atoms. The molecule has 0 radical (unpaired) electrons. The summed E-state index contributed by atoms with van der Waals surface area (Å²) in [7, 11) is 0. The van der Waals surface area contributed by atoms with Crippen LogP contribution < -0.4 is 4.90 Å². The summed E-state index contributed by atoms with van der Waals surface area (Å²) in [6, 6.07) is 50.1. The van der Waals surface area contributed by atoms with E-state index >= 15 is 0 Å². The molecule has 0 aliphatic heterocycles. The minimum Gasteiger partial charge on any atom is -0.310 e. The lowest BCUT2D eigenvalue weighted by atomic mass is 10.0. The number of thiophene rings is 1. The Labute approximate surface area is 236 Å². The Kier molecular flexibility index (Phi) is 5.35. The number of hydrogen-bond donors (Lipinski definition) is 0. The van der Waals surface area contributed by atoms with Gasteiger partial charge < -0.3 is 4.90 Å². The second-order valence-electron chi connectivity index (χ2n) is 10.0. The molecule has 0 unspecified atom stereocenters. The summed E-state index contributed by atoms with van der Waals surface area (Å²) in [6.07, 6.45) is 1.89. The Morgan fingerprint density at radius 3 is 2.12 bits per heavy atom. The van der Waals surface area contributed by atoms with E-state index in [0.717, 1.165) is 22.6 Å². The molecule has 0 spiro atoms. The van der Waals surface area contributed by atoms with E-state index in [1.165, 1.54) is 47.5 Å². The molecule has 0 bridgehead atoms. The Morgan fingerprint density at radius 1 is 0.500 bits per heavy atom. The third kappa shape index (κ3) is 3.75. The first-order chi connectivity index (χ1) is 19.8. The van der Waals surface area contributed by atoms with Gasteiger partial charge in [0.1, 0.15) is 0 Å². The van der Waals surface area contributed by atoms with Crippen LogP contribution in [0.3, 0.4) is 0 Å². The van der Waals surface area contributed by atoms with E-state index < -0.39 is 0 Å². The third-order valence-corrected chi connectivity index (χ3v) is 8.80. The molecular weight excluding hydrogens is 504 g/mol. The highest BCUT2D eigenvalue weighted by molar-refractivity contribution is 7.25. The lowest BCUT2D eigenvalue weighted by molar-refractivity contribution is 1.30. The van der Waals surface area contributed by atoms with Crippen molar-refractivity contribution in [2.24, 2.45) is 0 Å². The first-order valence-corrected chi connectivity index (χ1v) is 14.3. The molecule has 0 amide bonds. The van der Waals surface area contributed by atoms with Gasteiger partial charge in [-0.25, -0.2) is 0 Å². The van der Waals surface area contributed by atoms with Crippen LogP contribution in [-0.4, -0.2) is 4.98 Å². The van der Waals surface area contributed by atoms with Gasteiger partial charge in [0.15, 0.2) is 0 Å². The summed E-state index contributed by atoms with van der Waals surface area (Å²) < 4.78 is 2.44. The van der Waals surface area contributed by atoms with Crippen LogP contribution >= 0.6 is 11.3 Å². The summed E-state index contributed by atoms with van der Waals surface area (Å²) in [5.74, 6) is 0. The monoisotopic (exact) mass is 528 g/mol. The van der Waals surface area contributed by atoms with Gasteiger partial charge in [-0.1, -0.05) is 91.0 Å². The molecule has 0 saturated carbocycles. The smallest absolute Gasteiger partial charge is 0.0909 e. The van der Waals surface area contributed by atoms with Crippen molar-refractivity contribution < 1.29 is 0 Å². The summed E-state index contributed by atoms with van der Waals surface area (Å²) in [4.78, 5) is 7.20. The molecule has 8 aromatic rings. The molecule has 6 aromatic carbocycles. The number of anilines is 3. The number of benzene rings is 6. The maximum Gasteiger partial charge on any atom is 0.0909 e. The van der Waals surface area contributed by atoms with E-state index in [1.54, 1.807) is 11.3 Å². The van der Waals surface area contributed by atoms with Gasteiger partial charge in [-0.15, -0.1) is 11.3 Å². The molecule has 0 N–H and O–H groups in total. The highest BCUT2D eigenvalue weighted by Gasteiger charge is 2.19. The molecule has 2 aromatic heterocycles. The average Bonchev–Trinajstić information content (AvgIpc) is 3.41. The van der Waals surface area contributed by atoms with Crippen molar-refractivity contribution >= 4 is 70.2 Å². The first kappa shape index (κ1) is 22.9. The molecule has 0 aliphatic carbocycles. The maximum absolute atomic E-state index is 4.82. The summed E-state index contributed by atoms with van der Waals surface area (Å²) in [5, 5.41) is 6.22. The minimum absolute atomic E-state index is 1.05. The quantitative estimate of drug-likeness (QED) is 0.211. The molecule has 0 atom stereocenters. The number of pyridine rings is 1. The first-order valence-electron chi connectivity index (χ1n) is 13.5. The predicted octanol–water partition coefficient (Wildman–Crippen LogP) is 10.9. The van der Waals surface area contributed by atoms with Gasteiger partial charge in [-0.2, -0.15) is 0 Å². The maximum atomic E-state index is 4.82. The molecule has 0 aliphatic rings. The van der Waals surface area contributed by atoms with Gasteiger partial charge in [0.05, 0.1) is 15.9 Å². The Bertz CT molecular complexity index is 2160. The van der Waals surface area contributed by atoms with Crippen molar-refractivity contribution in [3.63, 3.8) is 0 Å². The fourth-order valence-corrected chi connectivity index (χ4v) is 6.89. The summed E-state index contributed by atoms with van der Waals surface area (Å²) in [5.41, 5.74) is 6.84. The number of rotatable bonds is 4. The van der Waals surface area contributed by atoms with Crippen LogP contribution in [0.15, 0.2) is 146 Å². The van der Waals surface area contributed by atoms with Crippen LogP contribution in [0.4, 0.5) is 17.1 Å². The molecule has 2 heterocycles. The largest absolute Gasteiger partial charge is 0.310 e. The number of hydrogen-bond acceptors (Lipinski definition) is 3. The highest BCUT2D eigenvalue weighted by Crippen LogP contribution is 2.45. The number of nitrogens with zero attached hydrogens (tertiary/aromatic N) is 2. The highest BCUT2D eigenvalue weighted by atomic mass is 32.1. The van der Waals surface area contributed by atoms with Crippen LogP contribution in [0.25, 0.3) is 53.0 Å².